The number of carbonyl (C=O) groups is 1. The summed E-state index contributed by atoms with van der Waals surface area (Å²) in [6.07, 6.45) is 1.81. The molecule has 28 heavy (non-hydrogen) atoms. The van der Waals surface area contributed by atoms with E-state index in [0.29, 0.717) is 12.5 Å². The Hall–Kier alpha value is -3.07. The van der Waals surface area contributed by atoms with Crippen LogP contribution in [0.2, 0.25) is 0 Å². The van der Waals surface area contributed by atoms with Crippen molar-refractivity contribution in [1.29, 1.82) is 0 Å². The van der Waals surface area contributed by atoms with Gasteiger partial charge >= 0.3 is 6.09 Å². The Labute approximate surface area is 165 Å². The molecule has 3 aromatic rings. The minimum Gasteiger partial charge on any atom is -0.445 e. The van der Waals surface area contributed by atoms with Crippen LogP contribution in [0, 0.1) is 0 Å². The second kappa shape index (κ2) is 7.16. The summed E-state index contributed by atoms with van der Waals surface area (Å²) in [5, 5.41) is 0. The summed E-state index contributed by atoms with van der Waals surface area (Å²) in [5.41, 5.74) is 6.14. The van der Waals surface area contributed by atoms with Crippen LogP contribution in [0.4, 0.5) is 4.79 Å². The maximum absolute atomic E-state index is 12.8. The van der Waals surface area contributed by atoms with Gasteiger partial charge in [-0.15, -0.1) is 0 Å². The maximum atomic E-state index is 12.8. The van der Waals surface area contributed by atoms with Gasteiger partial charge in [-0.3, -0.25) is 0 Å². The number of piperidine rings is 1. The van der Waals surface area contributed by atoms with Crippen LogP contribution < -0.4 is 0 Å². The van der Waals surface area contributed by atoms with Gasteiger partial charge in [-0.25, -0.2) is 4.79 Å². The molecule has 2 aliphatic rings. The fourth-order valence-electron chi connectivity index (χ4n) is 4.61. The molecule has 1 unspecified atom stereocenters. The number of hydrogen-bond donors (Lipinski definition) is 0. The minimum absolute atomic E-state index is 0.126. The van der Waals surface area contributed by atoms with E-state index in [4.69, 9.17) is 4.74 Å². The van der Waals surface area contributed by atoms with Gasteiger partial charge < -0.3 is 9.64 Å². The second-order valence-electron chi connectivity index (χ2n) is 7.68. The molecule has 2 bridgehead atoms. The van der Waals surface area contributed by atoms with Crippen LogP contribution in [0.25, 0.3) is 11.1 Å². The van der Waals surface area contributed by atoms with E-state index in [1.54, 1.807) is 0 Å². The molecule has 3 aromatic carbocycles. The van der Waals surface area contributed by atoms with E-state index in [2.05, 4.69) is 42.5 Å². The van der Waals surface area contributed by atoms with E-state index in [1.165, 1.54) is 22.3 Å². The van der Waals surface area contributed by atoms with E-state index in [-0.39, 0.29) is 12.1 Å². The van der Waals surface area contributed by atoms with Crippen LogP contribution >= 0.6 is 0 Å². The van der Waals surface area contributed by atoms with Crippen LogP contribution in [0.15, 0.2) is 78.9 Å². The molecule has 1 saturated heterocycles. The molecule has 1 aliphatic heterocycles. The molecule has 1 aliphatic carbocycles. The lowest BCUT2D eigenvalue weighted by atomic mass is 9.95. The highest BCUT2D eigenvalue weighted by Gasteiger charge is 2.41. The van der Waals surface area contributed by atoms with Gasteiger partial charge in [0.15, 0.2) is 0 Å². The fraction of sp³-hybridized carbons (Fsp3) is 0.240. The average Bonchev–Trinajstić information content (AvgIpc) is 3.05. The van der Waals surface area contributed by atoms with Crippen molar-refractivity contribution in [2.75, 3.05) is 6.54 Å². The number of amides is 1. The van der Waals surface area contributed by atoms with Gasteiger partial charge in [-0.05, 0) is 52.6 Å². The van der Waals surface area contributed by atoms with Crippen molar-refractivity contribution in [3.8, 4) is 11.1 Å². The predicted octanol–water partition coefficient (Wildman–Crippen LogP) is 5.92. The number of ether oxygens (including phenoxy) is 1. The number of hydrogen-bond acceptors (Lipinski definition) is 2. The summed E-state index contributed by atoms with van der Waals surface area (Å²) in [6, 6.07) is 27.2. The second-order valence-corrected chi connectivity index (χ2v) is 7.68. The number of rotatable bonds is 3. The molecule has 140 valence electrons. The van der Waals surface area contributed by atoms with Crippen LogP contribution in [-0.2, 0) is 11.3 Å². The Morgan fingerprint density at radius 3 is 2.43 bits per heavy atom. The Bertz CT molecular complexity index is 984. The third-order valence-corrected chi connectivity index (χ3v) is 6.03. The van der Waals surface area contributed by atoms with Crippen molar-refractivity contribution >= 4 is 6.09 Å². The summed E-state index contributed by atoms with van der Waals surface area (Å²) in [4.78, 5) is 14.8. The number of carbonyl (C=O) groups excluding carboxylic acids is 1. The van der Waals surface area contributed by atoms with E-state index < -0.39 is 0 Å². The quantitative estimate of drug-likeness (QED) is 0.573. The molecule has 0 saturated carbocycles. The lowest BCUT2D eigenvalue weighted by Gasteiger charge is -2.33. The normalized spacial score (nSPS) is 19.9. The van der Waals surface area contributed by atoms with E-state index in [9.17, 15) is 4.79 Å². The lowest BCUT2D eigenvalue weighted by molar-refractivity contribution is 0.0694. The SMILES string of the molecule is O=C(OCc1ccccc1)N1CCC2C[C@@H]1c1cc(-c3ccccc3)ccc12. The van der Waals surface area contributed by atoms with Gasteiger partial charge in [0.1, 0.15) is 6.61 Å². The van der Waals surface area contributed by atoms with Gasteiger partial charge in [0.2, 0.25) is 0 Å². The molecule has 0 aromatic heterocycles. The van der Waals surface area contributed by atoms with Crippen LogP contribution in [0.3, 0.4) is 0 Å². The van der Waals surface area contributed by atoms with Crippen molar-refractivity contribution in [1.82, 2.24) is 4.90 Å². The highest BCUT2D eigenvalue weighted by Crippen LogP contribution is 2.49. The van der Waals surface area contributed by atoms with Crippen molar-refractivity contribution in [2.24, 2.45) is 0 Å². The standard InChI is InChI=1S/C25H23NO2/c27-25(28-17-18-7-3-1-4-8-18)26-14-13-21-16-24(26)23-15-20(11-12-22(21)23)19-9-5-2-6-10-19/h1-12,15,21,24H,13-14,16-17H2/t21?,24-/m1/s1. The summed E-state index contributed by atoms with van der Waals surface area (Å²) < 4.78 is 5.64. The molecule has 1 fully saturated rings. The third kappa shape index (κ3) is 3.07. The van der Waals surface area contributed by atoms with Crippen molar-refractivity contribution in [3.05, 3.63) is 95.6 Å². The molecule has 0 radical (unpaired) electrons. The summed E-state index contributed by atoms with van der Waals surface area (Å²) >= 11 is 0. The Kier molecular flexibility index (Phi) is 4.36. The number of likely N-dealkylation sites (tertiary alicyclic amines) is 1. The van der Waals surface area contributed by atoms with Gasteiger partial charge in [-0.1, -0.05) is 72.8 Å². The van der Waals surface area contributed by atoms with Gasteiger partial charge in [-0.2, -0.15) is 0 Å². The zero-order valence-electron chi connectivity index (χ0n) is 15.8. The zero-order chi connectivity index (χ0) is 18.9. The highest BCUT2D eigenvalue weighted by atomic mass is 16.6. The first-order valence-electron chi connectivity index (χ1n) is 9.96. The number of fused-ring (bicyclic) bond motifs is 5. The van der Waals surface area contributed by atoms with Gasteiger partial charge in [0.05, 0.1) is 6.04 Å². The number of benzene rings is 3. The van der Waals surface area contributed by atoms with Gasteiger partial charge in [0, 0.05) is 6.54 Å². The molecule has 0 spiro atoms. The Morgan fingerprint density at radius 1 is 0.893 bits per heavy atom. The lowest BCUT2D eigenvalue weighted by Crippen LogP contribution is -2.37. The smallest absolute Gasteiger partial charge is 0.410 e. The summed E-state index contributed by atoms with van der Waals surface area (Å²) in [6.45, 7) is 1.08. The molecule has 5 rings (SSSR count). The molecule has 3 heteroatoms. The third-order valence-electron chi connectivity index (χ3n) is 6.03. The van der Waals surface area contributed by atoms with Crippen LogP contribution in [0.5, 0.6) is 0 Å². The van der Waals surface area contributed by atoms with Crippen molar-refractivity contribution in [2.45, 2.75) is 31.4 Å². The molecule has 2 atom stereocenters. The first kappa shape index (κ1) is 17.1. The van der Waals surface area contributed by atoms with Crippen molar-refractivity contribution in [3.63, 3.8) is 0 Å². The average molecular weight is 369 g/mol. The molecule has 0 N–H and O–H groups in total. The summed E-state index contributed by atoms with van der Waals surface area (Å²) in [5.74, 6) is 0.558. The highest BCUT2D eigenvalue weighted by molar-refractivity contribution is 5.71. The zero-order valence-corrected chi connectivity index (χ0v) is 15.8. The Balaban J connectivity index is 1.38. The molecule has 1 heterocycles. The van der Waals surface area contributed by atoms with E-state index >= 15 is 0 Å². The maximum Gasteiger partial charge on any atom is 0.410 e. The van der Waals surface area contributed by atoms with E-state index in [0.717, 1.165) is 24.9 Å². The van der Waals surface area contributed by atoms with Crippen LogP contribution in [-0.4, -0.2) is 17.5 Å². The molecule has 3 nitrogen and oxygen atoms in total. The minimum atomic E-state index is -0.203. The first-order valence-corrected chi connectivity index (χ1v) is 9.96. The monoisotopic (exact) mass is 369 g/mol. The molecular formula is C25H23NO2. The predicted molar refractivity (Wildman–Crippen MR) is 110 cm³/mol. The van der Waals surface area contributed by atoms with E-state index in [1.807, 2.05) is 41.3 Å². The molecule has 1 amide bonds. The summed E-state index contributed by atoms with van der Waals surface area (Å²) in [7, 11) is 0. The van der Waals surface area contributed by atoms with Crippen LogP contribution in [0.1, 0.15) is 41.5 Å². The fourth-order valence-corrected chi connectivity index (χ4v) is 4.61. The van der Waals surface area contributed by atoms with Gasteiger partial charge in [0.25, 0.3) is 0 Å². The Morgan fingerprint density at radius 2 is 1.64 bits per heavy atom. The number of nitrogens with zero attached hydrogens (tertiary/aromatic N) is 1. The topological polar surface area (TPSA) is 29.5 Å². The van der Waals surface area contributed by atoms with Crippen molar-refractivity contribution < 1.29 is 9.53 Å². The largest absolute Gasteiger partial charge is 0.445 e. The first-order chi connectivity index (χ1) is 13.8. The molecular weight excluding hydrogens is 346 g/mol.